The molecule has 0 aliphatic carbocycles. The summed E-state index contributed by atoms with van der Waals surface area (Å²) in [5, 5.41) is 0. The molecule has 0 amide bonds. The Bertz CT molecular complexity index is 207. The van der Waals surface area contributed by atoms with Crippen molar-refractivity contribution < 1.29 is 13.3 Å². The van der Waals surface area contributed by atoms with Crippen LogP contribution in [0.4, 0.5) is 0 Å². The fourth-order valence-electron chi connectivity index (χ4n) is 1.97. The van der Waals surface area contributed by atoms with Gasteiger partial charge < -0.3 is 13.3 Å². The van der Waals surface area contributed by atoms with E-state index in [2.05, 4.69) is 31.5 Å². The molecule has 17 heavy (non-hydrogen) atoms. The first-order valence-corrected chi connectivity index (χ1v) is 11.4. The number of nitrogens with zero attached hydrogens (tertiary/aromatic N) is 1. The van der Waals surface area contributed by atoms with Crippen molar-refractivity contribution >= 4 is 17.0 Å². The summed E-state index contributed by atoms with van der Waals surface area (Å²) >= 11 is 0. The van der Waals surface area contributed by atoms with E-state index in [9.17, 15) is 0 Å². The molecule has 0 aromatic carbocycles. The van der Waals surface area contributed by atoms with Crippen molar-refractivity contribution in [3.8, 4) is 0 Å². The van der Waals surface area contributed by atoms with Gasteiger partial charge in [0, 0.05) is 27.4 Å². The van der Waals surface area contributed by atoms with E-state index < -0.39 is 17.0 Å². The summed E-state index contributed by atoms with van der Waals surface area (Å²) in [5.41, 5.74) is 0. The molecule has 0 atom stereocenters. The summed E-state index contributed by atoms with van der Waals surface area (Å²) in [6.45, 7) is 10.7. The molecular weight excluding hydrogens is 250 g/mol. The first-order valence-electron chi connectivity index (χ1n) is 6.31. The Morgan fingerprint density at radius 3 is 1.59 bits per heavy atom. The largest absolute Gasteiger partial charge is 0.427 e. The maximum Gasteiger partial charge on any atom is 0.427 e. The van der Waals surface area contributed by atoms with Crippen molar-refractivity contribution in [2.45, 2.75) is 39.0 Å². The van der Waals surface area contributed by atoms with Gasteiger partial charge in [0.15, 0.2) is 8.32 Å². The van der Waals surface area contributed by atoms with Crippen LogP contribution in [0.1, 0.15) is 13.8 Å². The van der Waals surface area contributed by atoms with Gasteiger partial charge in [-0.1, -0.05) is 13.8 Å². The SMILES string of the molecule is CCN(CC)[Si](CC[Si](C)(C)OC)(OC)OC. The minimum absolute atomic E-state index is 0.972. The van der Waals surface area contributed by atoms with Gasteiger partial charge in [0.2, 0.25) is 0 Å². The van der Waals surface area contributed by atoms with Crippen LogP contribution in [0.15, 0.2) is 0 Å². The normalized spacial score (nSPS) is 13.4. The summed E-state index contributed by atoms with van der Waals surface area (Å²) < 4.78 is 19.5. The molecule has 0 N–H and O–H groups in total. The number of hydrogen-bond donors (Lipinski definition) is 0. The Morgan fingerprint density at radius 2 is 1.29 bits per heavy atom. The van der Waals surface area contributed by atoms with Crippen molar-refractivity contribution in [3.63, 3.8) is 0 Å². The first kappa shape index (κ1) is 17.3. The summed E-state index contributed by atoms with van der Waals surface area (Å²) in [4.78, 5) is 0. The summed E-state index contributed by atoms with van der Waals surface area (Å²) in [6.07, 6.45) is 0. The van der Waals surface area contributed by atoms with E-state index in [4.69, 9.17) is 13.3 Å². The van der Waals surface area contributed by atoms with E-state index in [-0.39, 0.29) is 0 Å². The van der Waals surface area contributed by atoms with Crippen LogP contribution < -0.4 is 0 Å². The third kappa shape index (κ3) is 4.80. The molecule has 6 heteroatoms. The highest BCUT2D eigenvalue weighted by molar-refractivity contribution is 6.74. The highest BCUT2D eigenvalue weighted by atomic mass is 28.4. The molecule has 4 nitrogen and oxygen atoms in total. The zero-order chi connectivity index (χ0) is 13.5. The van der Waals surface area contributed by atoms with Gasteiger partial charge in [0.05, 0.1) is 0 Å². The van der Waals surface area contributed by atoms with Crippen LogP contribution in [-0.4, -0.2) is 56.0 Å². The quantitative estimate of drug-likeness (QED) is 0.607. The highest BCUT2D eigenvalue weighted by Crippen LogP contribution is 2.24. The Hall–Kier alpha value is 0.274. The average Bonchev–Trinajstić information content (AvgIpc) is 2.35. The van der Waals surface area contributed by atoms with Crippen molar-refractivity contribution in [1.82, 2.24) is 4.57 Å². The van der Waals surface area contributed by atoms with Gasteiger partial charge >= 0.3 is 8.72 Å². The molecule has 0 bridgehead atoms. The van der Waals surface area contributed by atoms with Gasteiger partial charge in [0.25, 0.3) is 0 Å². The Morgan fingerprint density at radius 1 is 0.824 bits per heavy atom. The fourth-order valence-corrected chi connectivity index (χ4v) is 8.22. The van der Waals surface area contributed by atoms with Crippen LogP contribution in [-0.2, 0) is 13.3 Å². The van der Waals surface area contributed by atoms with E-state index in [0.29, 0.717) is 0 Å². The molecule has 0 aromatic heterocycles. The second kappa shape index (κ2) is 7.65. The predicted molar refractivity (Wildman–Crippen MR) is 76.8 cm³/mol. The molecule has 0 rings (SSSR count). The smallest absolute Gasteiger partial charge is 0.420 e. The van der Waals surface area contributed by atoms with Gasteiger partial charge in [-0.3, -0.25) is 4.57 Å². The monoisotopic (exact) mass is 279 g/mol. The van der Waals surface area contributed by atoms with E-state index in [1.165, 1.54) is 0 Å². The van der Waals surface area contributed by atoms with Crippen LogP contribution >= 0.6 is 0 Å². The minimum atomic E-state index is -2.21. The van der Waals surface area contributed by atoms with Crippen molar-refractivity contribution in [3.05, 3.63) is 0 Å². The third-order valence-corrected chi connectivity index (χ3v) is 10.3. The van der Waals surface area contributed by atoms with Crippen molar-refractivity contribution in [1.29, 1.82) is 0 Å². The highest BCUT2D eigenvalue weighted by Gasteiger charge is 2.43. The molecule has 0 aliphatic heterocycles. The van der Waals surface area contributed by atoms with Crippen LogP contribution in [0.3, 0.4) is 0 Å². The maximum absolute atomic E-state index is 5.78. The number of hydrogen-bond acceptors (Lipinski definition) is 4. The maximum atomic E-state index is 5.78. The van der Waals surface area contributed by atoms with Gasteiger partial charge in [0.1, 0.15) is 0 Å². The van der Waals surface area contributed by atoms with Gasteiger partial charge in [-0.2, -0.15) is 0 Å². The van der Waals surface area contributed by atoms with Crippen molar-refractivity contribution in [2.24, 2.45) is 0 Å². The second-order valence-corrected chi connectivity index (χ2v) is 12.6. The molecule has 104 valence electrons. The van der Waals surface area contributed by atoms with Crippen LogP contribution in [0.2, 0.25) is 25.2 Å². The standard InChI is InChI=1S/C11H29NO3Si2/c1-8-12(9-2)17(14-4,15-5)11-10-16(6,7)13-3/h8-11H2,1-7H3. The second-order valence-electron chi connectivity index (χ2n) is 4.76. The molecular formula is C11H29NO3Si2. The van der Waals surface area contributed by atoms with Crippen molar-refractivity contribution in [2.75, 3.05) is 34.4 Å². The molecule has 0 radical (unpaired) electrons. The van der Waals surface area contributed by atoms with Crippen LogP contribution in [0, 0.1) is 0 Å². The molecule has 0 aliphatic rings. The third-order valence-electron chi connectivity index (χ3n) is 3.48. The molecule has 0 fully saturated rings. The van der Waals surface area contributed by atoms with E-state index in [1.54, 1.807) is 14.2 Å². The lowest BCUT2D eigenvalue weighted by molar-refractivity contribution is 0.168. The Labute approximate surface area is 109 Å². The Balaban J connectivity index is 4.72. The molecule has 0 heterocycles. The van der Waals surface area contributed by atoms with Crippen LogP contribution in [0.5, 0.6) is 0 Å². The molecule has 0 aromatic rings. The van der Waals surface area contributed by atoms with E-state index >= 15 is 0 Å². The van der Waals surface area contributed by atoms with Crippen LogP contribution in [0.25, 0.3) is 0 Å². The topological polar surface area (TPSA) is 30.9 Å². The summed E-state index contributed by atoms with van der Waals surface area (Å²) in [7, 11) is 1.60. The lowest BCUT2D eigenvalue weighted by Crippen LogP contribution is -2.58. The zero-order valence-electron chi connectivity index (χ0n) is 12.5. The fraction of sp³-hybridized carbons (Fsp3) is 1.00. The van der Waals surface area contributed by atoms with Gasteiger partial charge in [-0.15, -0.1) is 0 Å². The lowest BCUT2D eigenvalue weighted by atomic mass is 10.7. The lowest BCUT2D eigenvalue weighted by Gasteiger charge is -2.38. The molecule has 0 spiro atoms. The molecule has 0 saturated carbocycles. The summed E-state index contributed by atoms with van der Waals surface area (Å²) in [5.74, 6) is 0. The zero-order valence-corrected chi connectivity index (χ0v) is 14.5. The van der Waals surface area contributed by atoms with E-state index in [0.717, 1.165) is 25.2 Å². The predicted octanol–water partition coefficient (Wildman–Crippen LogP) is 2.41. The Kier molecular flexibility index (Phi) is 7.78. The first-order chi connectivity index (χ1) is 7.91. The minimum Gasteiger partial charge on any atom is -0.420 e. The molecule has 0 unspecified atom stereocenters. The molecule has 0 saturated heterocycles. The number of rotatable bonds is 9. The van der Waals surface area contributed by atoms with Gasteiger partial charge in [-0.25, -0.2) is 0 Å². The van der Waals surface area contributed by atoms with Gasteiger partial charge in [-0.05, 0) is 32.2 Å². The average molecular weight is 280 g/mol. The van der Waals surface area contributed by atoms with E-state index in [1.807, 2.05) is 7.11 Å². The summed E-state index contributed by atoms with van der Waals surface area (Å²) in [6, 6.07) is 2.06.